The molecule has 9 heteroatoms. The number of thioether (sulfide) groups is 1. The van der Waals surface area contributed by atoms with Gasteiger partial charge in [0, 0.05) is 37.5 Å². The molecule has 172 valence electrons. The van der Waals surface area contributed by atoms with Gasteiger partial charge >= 0.3 is 0 Å². The average molecular weight is 485 g/mol. The smallest absolute Gasteiger partial charge is 0.251 e. The number of halogens is 1. The molecule has 1 amide bonds. The molecule has 7 nitrogen and oxygen atoms in total. The number of aromatic nitrogens is 2. The quantitative estimate of drug-likeness (QED) is 0.262. The van der Waals surface area contributed by atoms with E-state index in [4.69, 9.17) is 21.1 Å². The molecule has 0 bridgehead atoms. The Hall–Kier alpha value is -2.97. The van der Waals surface area contributed by atoms with Crippen LogP contribution in [0.3, 0.4) is 0 Å². The summed E-state index contributed by atoms with van der Waals surface area (Å²) in [5.41, 5.74) is 2.55. The van der Waals surface area contributed by atoms with Crippen molar-refractivity contribution in [1.29, 1.82) is 0 Å². The fourth-order valence-electron chi connectivity index (χ4n) is 3.38. The van der Waals surface area contributed by atoms with Crippen molar-refractivity contribution in [3.63, 3.8) is 0 Å². The van der Waals surface area contributed by atoms with Gasteiger partial charge in [-0.15, -0.1) is 0 Å². The zero-order valence-corrected chi connectivity index (χ0v) is 20.1. The standard InChI is InChI=1S/C24H25ClN4O3S/c1-3-9-29(2)22-12-21(25)27-24(28-22)33-14-17-5-4-6-18(10-17)23(30)26-13-16-7-8-19-20(11-16)32-15-31-19/h4-8,10-12H,3,9,13-15H2,1-2H3,(H,26,30). The average Bonchev–Trinajstić information content (AvgIpc) is 3.29. The van der Waals surface area contributed by atoms with Crippen LogP contribution in [-0.4, -0.2) is 36.3 Å². The minimum absolute atomic E-state index is 0.137. The van der Waals surface area contributed by atoms with E-state index in [1.165, 1.54) is 11.8 Å². The minimum Gasteiger partial charge on any atom is -0.454 e. The number of rotatable bonds is 9. The number of hydrogen-bond donors (Lipinski definition) is 1. The Morgan fingerprint density at radius 2 is 1.97 bits per heavy atom. The van der Waals surface area contributed by atoms with E-state index in [0.29, 0.717) is 33.9 Å². The van der Waals surface area contributed by atoms with E-state index in [2.05, 4.69) is 27.1 Å². The summed E-state index contributed by atoms with van der Waals surface area (Å²) < 4.78 is 10.7. The normalized spacial score (nSPS) is 12.0. The van der Waals surface area contributed by atoms with Crippen molar-refractivity contribution in [1.82, 2.24) is 15.3 Å². The van der Waals surface area contributed by atoms with Gasteiger partial charge < -0.3 is 19.7 Å². The zero-order valence-electron chi connectivity index (χ0n) is 18.5. The highest BCUT2D eigenvalue weighted by Crippen LogP contribution is 2.32. The van der Waals surface area contributed by atoms with Gasteiger partial charge in [0.25, 0.3) is 5.91 Å². The van der Waals surface area contributed by atoms with E-state index in [9.17, 15) is 4.79 Å². The van der Waals surface area contributed by atoms with Gasteiger partial charge in [0.2, 0.25) is 6.79 Å². The largest absolute Gasteiger partial charge is 0.454 e. The Labute approximate surface area is 202 Å². The SMILES string of the molecule is CCCN(C)c1cc(Cl)nc(SCc2cccc(C(=O)NCc3ccc4c(c3)OCO4)c2)n1. The lowest BCUT2D eigenvalue weighted by Gasteiger charge is -2.17. The van der Waals surface area contributed by atoms with Crippen LogP contribution in [0.2, 0.25) is 5.15 Å². The van der Waals surface area contributed by atoms with Crippen LogP contribution in [0.4, 0.5) is 5.82 Å². The van der Waals surface area contributed by atoms with Crippen LogP contribution in [0.1, 0.15) is 34.8 Å². The van der Waals surface area contributed by atoms with E-state index in [1.54, 1.807) is 12.1 Å². The predicted molar refractivity (Wildman–Crippen MR) is 130 cm³/mol. The van der Waals surface area contributed by atoms with E-state index in [0.717, 1.165) is 35.7 Å². The number of carbonyl (C=O) groups excluding carboxylic acids is 1. The predicted octanol–water partition coefficient (Wildman–Crippen LogP) is 4.93. The number of ether oxygens (including phenoxy) is 2. The van der Waals surface area contributed by atoms with Crippen molar-refractivity contribution >= 4 is 35.1 Å². The van der Waals surface area contributed by atoms with Crippen molar-refractivity contribution in [3.05, 3.63) is 70.4 Å². The molecule has 0 spiro atoms. The Morgan fingerprint density at radius 3 is 2.82 bits per heavy atom. The summed E-state index contributed by atoms with van der Waals surface area (Å²) in [6.45, 7) is 3.64. The van der Waals surface area contributed by atoms with Gasteiger partial charge in [-0.05, 0) is 41.8 Å². The van der Waals surface area contributed by atoms with Crippen molar-refractivity contribution in [3.8, 4) is 11.5 Å². The first-order valence-electron chi connectivity index (χ1n) is 10.7. The number of nitrogens with zero attached hydrogens (tertiary/aromatic N) is 3. The Kier molecular flexibility index (Phi) is 7.57. The van der Waals surface area contributed by atoms with Gasteiger partial charge in [-0.25, -0.2) is 9.97 Å². The third kappa shape index (κ3) is 6.09. The first-order valence-corrected chi connectivity index (χ1v) is 12.0. The lowest BCUT2D eigenvalue weighted by molar-refractivity contribution is 0.0950. The number of anilines is 1. The Bertz CT molecular complexity index is 1140. The van der Waals surface area contributed by atoms with Crippen molar-refractivity contribution < 1.29 is 14.3 Å². The van der Waals surface area contributed by atoms with E-state index in [1.807, 2.05) is 43.4 Å². The molecule has 2 aromatic carbocycles. The van der Waals surface area contributed by atoms with E-state index in [-0.39, 0.29) is 12.7 Å². The van der Waals surface area contributed by atoms with Crippen LogP contribution < -0.4 is 19.7 Å². The van der Waals surface area contributed by atoms with Crippen molar-refractivity contribution in [2.75, 3.05) is 25.3 Å². The van der Waals surface area contributed by atoms with Gasteiger partial charge in [-0.3, -0.25) is 4.79 Å². The zero-order chi connectivity index (χ0) is 23.2. The lowest BCUT2D eigenvalue weighted by atomic mass is 10.1. The summed E-state index contributed by atoms with van der Waals surface area (Å²) in [7, 11) is 1.99. The molecule has 2 heterocycles. The molecule has 1 aliphatic rings. The first-order chi connectivity index (χ1) is 16.0. The van der Waals surface area contributed by atoms with Crippen LogP contribution in [0.15, 0.2) is 53.7 Å². The molecular weight excluding hydrogens is 460 g/mol. The highest BCUT2D eigenvalue weighted by atomic mass is 35.5. The molecule has 0 unspecified atom stereocenters. The molecular formula is C24H25ClN4O3S. The van der Waals surface area contributed by atoms with Gasteiger partial charge in [0.15, 0.2) is 16.7 Å². The van der Waals surface area contributed by atoms with Crippen molar-refractivity contribution in [2.45, 2.75) is 30.8 Å². The summed E-state index contributed by atoms with van der Waals surface area (Å²) in [5.74, 6) is 2.72. The molecule has 0 saturated carbocycles. The topological polar surface area (TPSA) is 76.6 Å². The second kappa shape index (κ2) is 10.8. The first kappa shape index (κ1) is 23.2. The van der Waals surface area contributed by atoms with Gasteiger partial charge in [0.1, 0.15) is 11.0 Å². The van der Waals surface area contributed by atoms with Crippen LogP contribution in [0.25, 0.3) is 0 Å². The molecule has 0 saturated heterocycles. The Balaban J connectivity index is 1.36. The maximum absolute atomic E-state index is 12.7. The molecule has 4 rings (SSSR count). The third-order valence-corrected chi connectivity index (χ3v) is 6.17. The Morgan fingerprint density at radius 1 is 1.12 bits per heavy atom. The number of carbonyl (C=O) groups is 1. The highest BCUT2D eigenvalue weighted by Gasteiger charge is 2.14. The third-order valence-electron chi connectivity index (χ3n) is 5.06. The molecule has 0 fully saturated rings. The molecule has 1 aromatic heterocycles. The molecule has 0 atom stereocenters. The van der Waals surface area contributed by atoms with E-state index < -0.39 is 0 Å². The summed E-state index contributed by atoms with van der Waals surface area (Å²) in [5, 5.41) is 3.98. The molecule has 33 heavy (non-hydrogen) atoms. The van der Waals surface area contributed by atoms with Crippen LogP contribution in [0.5, 0.6) is 11.5 Å². The molecule has 3 aromatic rings. The molecule has 0 radical (unpaired) electrons. The maximum Gasteiger partial charge on any atom is 0.251 e. The number of nitrogens with one attached hydrogen (secondary N) is 1. The second-order valence-corrected chi connectivity index (χ2v) is 8.94. The van der Waals surface area contributed by atoms with Crippen LogP contribution in [0, 0.1) is 0 Å². The summed E-state index contributed by atoms with van der Waals surface area (Å²) >= 11 is 7.69. The summed E-state index contributed by atoms with van der Waals surface area (Å²) in [6.07, 6.45) is 1.02. The van der Waals surface area contributed by atoms with E-state index >= 15 is 0 Å². The summed E-state index contributed by atoms with van der Waals surface area (Å²) in [4.78, 5) is 23.7. The number of benzene rings is 2. The fraction of sp³-hybridized carbons (Fsp3) is 0.292. The fourth-order valence-corrected chi connectivity index (χ4v) is 4.41. The molecule has 0 aliphatic carbocycles. The van der Waals surface area contributed by atoms with Crippen LogP contribution >= 0.6 is 23.4 Å². The summed E-state index contributed by atoms with van der Waals surface area (Å²) in [6, 6.07) is 15.0. The molecule has 1 N–H and O–H groups in total. The van der Waals surface area contributed by atoms with Gasteiger partial charge in [0.05, 0.1) is 0 Å². The molecule has 1 aliphatic heterocycles. The highest BCUT2D eigenvalue weighted by molar-refractivity contribution is 7.98. The lowest BCUT2D eigenvalue weighted by Crippen LogP contribution is -2.22. The number of amides is 1. The van der Waals surface area contributed by atoms with Crippen molar-refractivity contribution in [2.24, 2.45) is 0 Å². The number of hydrogen-bond acceptors (Lipinski definition) is 7. The van der Waals surface area contributed by atoms with Crippen LogP contribution in [-0.2, 0) is 12.3 Å². The van der Waals surface area contributed by atoms with Gasteiger partial charge in [-0.2, -0.15) is 0 Å². The monoisotopic (exact) mass is 484 g/mol. The maximum atomic E-state index is 12.7. The number of fused-ring (bicyclic) bond motifs is 1. The van der Waals surface area contributed by atoms with Gasteiger partial charge in [-0.1, -0.05) is 48.5 Å². The minimum atomic E-state index is -0.137. The second-order valence-electron chi connectivity index (χ2n) is 7.61.